The largest absolute Gasteiger partial charge is 0.442 e. The summed E-state index contributed by atoms with van der Waals surface area (Å²) in [6.45, 7) is 3.87. The number of nitrogens with zero attached hydrogens (tertiary/aromatic N) is 2. The van der Waals surface area contributed by atoms with Crippen LogP contribution in [0.2, 0.25) is 0 Å². The van der Waals surface area contributed by atoms with Gasteiger partial charge in [0.05, 0.1) is 5.52 Å². The third-order valence-corrected chi connectivity index (χ3v) is 5.76. The van der Waals surface area contributed by atoms with E-state index in [1.54, 1.807) is 30.3 Å². The van der Waals surface area contributed by atoms with Crippen molar-refractivity contribution >= 4 is 34.8 Å². The van der Waals surface area contributed by atoms with E-state index < -0.39 is 18.0 Å². The smallest absolute Gasteiger partial charge is 0.360 e. The van der Waals surface area contributed by atoms with Gasteiger partial charge in [-0.3, -0.25) is 9.20 Å². The monoisotopic (exact) mass is 445 g/mol. The summed E-state index contributed by atoms with van der Waals surface area (Å²) >= 11 is 1.43. The standard InChI is InChI=1S/C25H23N3O3S/c1-16-12-13-17(2)19(15-16)26-23(29)22(18-9-5-4-6-10-18)31-24(30)21-20-11-7-8-14-28(20)25(27-21)32-3/h4-15,22H,1-3H3,(H,26,29). The van der Waals surface area contributed by atoms with Gasteiger partial charge >= 0.3 is 5.97 Å². The van der Waals surface area contributed by atoms with Crippen molar-refractivity contribution in [1.82, 2.24) is 9.38 Å². The number of benzene rings is 2. The molecule has 7 heteroatoms. The number of anilines is 1. The molecular weight excluding hydrogens is 422 g/mol. The first-order valence-corrected chi connectivity index (χ1v) is 11.4. The number of imidazole rings is 1. The molecule has 0 saturated heterocycles. The zero-order valence-electron chi connectivity index (χ0n) is 18.0. The molecule has 0 saturated carbocycles. The molecule has 0 aliphatic carbocycles. The Morgan fingerprint density at radius 1 is 1.03 bits per heavy atom. The van der Waals surface area contributed by atoms with Crippen molar-refractivity contribution in [3.63, 3.8) is 0 Å². The minimum atomic E-state index is -1.12. The molecule has 0 spiro atoms. The number of esters is 1. The van der Waals surface area contributed by atoms with Gasteiger partial charge < -0.3 is 10.1 Å². The summed E-state index contributed by atoms with van der Waals surface area (Å²) in [7, 11) is 0. The van der Waals surface area contributed by atoms with E-state index in [9.17, 15) is 9.59 Å². The van der Waals surface area contributed by atoms with Crippen LogP contribution in [0.1, 0.15) is 33.3 Å². The van der Waals surface area contributed by atoms with Gasteiger partial charge in [-0.05, 0) is 49.4 Å². The minimum Gasteiger partial charge on any atom is -0.442 e. The second kappa shape index (κ2) is 9.28. The Kier molecular flexibility index (Phi) is 6.28. The summed E-state index contributed by atoms with van der Waals surface area (Å²) in [4.78, 5) is 30.9. The molecule has 0 aliphatic rings. The molecule has 0 fully saturated rings. The molecule has 2 aromatic heterocycles. The molecule has 1 amide bonds. The first kappa shape index (κ1) is 21.6. The highest BCUT2D eigenvalue weighted by Gasteiger charge is 2.28. The quantitative estimate of drug-likeness (QED) is 0.326. The average Bonchev–Trinajstić information content (AvgIpc) is 3.19. The Hall–Kier alpha value is -3.58. The van der Waals surface area contributed by atoms with Gasteiger partial charge in [0.25, 0.3) is 5.91 Å². The van der Waals surface area contributed by atoms with Crippen molar-refractivity contribution in [3.05, 3.63) is 95.3 Å². The van der Waals surface area contributed by atoms with Crippen LogP contribution < -0.4 is 5.32 Å². The van der Waals surface area contributed by atoms with E-state index in [0.29, 0.717) is 21.9 Å². The number of rotatable bonds is 6. The first-order valence-electron chi connectivity index (χ1n) is 10.1. The number of thioether (sulfide) groups is 1. The van der Waals surface area contributed by atoms with Crippen LogP contribution in [0.15, 0.2) is 78.1 Å². The lowest BCUT2D eigenvalue weighted by Crippen LogP contribution is -2.26. The number of carbonyl (C=O) groups is 2. The molecule has 1 N–H and O–H groups in total. The van der Waals surface area contributed by atoms with Gasteiger partial charge in [-0.25, -0.2) is 9.78 Å². The zero-order chi connectivity index (χ0) is 22.7. The summed E-state index contributed by atoms with van der Waals surface area (Å²) in [6.07, 6.45) is 2.61. The maximum atomic E-state index is 13.3. The predicted octanol–water partition coefficient (Wildman–Crippen LogP) is 5.21. The highest BCUT2D eigenvalue weighted by Crippen LogP contribution is 2.26. The van der Waals surface area contributed by atoms with E-state index >= 15 is 0 Å². The second-order valence-corrected chi connectivity index (χ2v) is 8.18. The fraction of sp³-hybridized carbons (Fsp3) is 0.160. The van der Waals surface area contributed by atoms with E-state index in [0.717, 1.165) is 11.1 Å². The number of amides is 1. The Labute approximate surface area is 190 Å². The molecule has 0 aliphatic heterocycles. The fourth-order valence-electron chi connectivity index (χ4n) is 3.44. The number of ether oxygens (including phenoxy) is 1. The SMILES string of the molecule is CSc1nc(C(=O)OC(C(=O)Nc2cc(C)ccc2C)c2ccccc2)c2ccccn12. The Morgan fingerprint density at radius 3 is 2.53 bits per heavy atom. The summed E-state index contributed by atoms with van der Waals surface area (Å²) in [5, 5.41) is 3.58. The number of carbonyl (C=O) groups excluding carboxylic acids is 2. The minimum absolute atomic E-state index is 0.176. The lowest BCUT2D eigenvalue weighted by atomic mass is 10.1. The maximum Gasteiger partial charge on any atom is 0.360 e. The Morgan fingerprint density at radius 2 is 1.78 bits per heavy atom. The predicted molar refractivity (Wildman–Crippen MR) is 126 cm³/mol. The second-order valence-electron chi connectivity index (χ2n) is 7.41. The number of fused-ring (bicyclic) bond motifs is 1. The van der Waals surface area contributed by atoms with Gasteiger partial charge in [-0.2, -0.15) is 0 Å². The van der Waals surface area contributed by atoms with Gasteiger partial charge in [-0.1, -0.05) is 60.3 Å². The molecule has 1 atom stereocenters. The van der Waals surface area contributed by atoms with Crippen LogP contribution >= 0.6 is 11.8 Å². The molecule has 2 aromatic carbocycles. The first-order chi connectivity index (χ1) is 15.5. The van der Waals surface area contributed by atoms with Crippen molar-refractivity contribution in [2.75, 3.05) is 11.6 Å². The molecule has 2 heterocycles. The van der Waals surface area contributed by atoms with Crippen LogP contribution in [0.5, 0.6) is 0 Å². The van der Waals surface area contributed by atoms with E-state index in [4.69, 9.17) is 4.74 Å². The van der Waals surface area contributed by atoms with Gasteiger partial charge in [0.15, 0.2) is 10.9 Å². The van der Waals surface area contributed by atoms with Gasteiger partial charge in [0.2, 0.25) is 6.10 Å². The third-order valence-electron chi connectivity index (χ3n) is 5.11. The van der Waals surface area contributed by atoms with Crippen LogP contribution in [0, 0.1) is 13.8 Å². The molecule has 6 nitrogen and oxygen atoms in total. The van der Waals surface area contributed by atoms with Gasteiger partial charge in [0, 0.05) is 17.4 Å². The lowest BCUT2D eigenvalue weighted by Gasteiger charge is -2.18. The molecule has 32 heavy (non-hydrogen) atoms. The number of pyridine rings is 1. The number of hydrogen-bond acceptors (Lipinski definition) is 5. The topological polar surface area (TPSA) is 72.7 Å². The van der Waals surface area contributed by atoms with Crippen molar-refractivity contribution < 1.29 is 14.3 Å². The summed E-state index contributed by atoms with van der Waals surface area (Å²) in [5.41, 5.74) is 4.01. The highest BCUT2D eigenvalue weighted by molar-refractivity contribution is 7.98. The van der Waals surface area contributed by atoms with Crippen molar-refractivity contribution in [1.29, 1.82) is 0 Å². The summed E-state index contributed by atoms with van der Waals surface area (Å²) in [5.74, 6) is -1.08. The van der Waals surface area contributed by atoms with Crippen molar-refractivity contribution in [2.24, 2.45) is 0 Å². The fourth-order valence-corrected chi connectivity index (χ4v) is 3.97. The molecule has 4 rings (SSSR count). The number of aromatic nitrogens is 2. The van der Waals surface area contributed by atoms with Crippen molar-refractivity contribution in [3.8, 4) is 0 Å². The van der Waals surface area contributed by atoms with Crippen LogP contribution in [0.25, 0.3) is 5.52 Å². The Bertz CT molecular complexity index is 1280. The summed E-state index contributed by atoms with van der Waals surface area (Å²) < 4.78 is 7.58. The third kappa shape index (κ3) is 4.38. The molecule has 1 unspecified atom stereocenters. The van der Waals surface area contributed by atoms with Crippen molar-refractivity contribution in [2.45, 2.75) is 25.1 Å². The van der Waals surface area contributed by atoms with Gasteiger partial charge in [0.1, 0.15) is 0 Å². The van der Waals surface area contributed by atoms with E-state index in [1.807, 2.05) is 67.1 Å². The zero-order valence-corrected chi connectivity index (χ0v) is 18.8. The van der Waals surface area contributed by atoms with Gasteiger partial charge in [-0.15, -0.1) is 0 Å². The normalized spacial score (nSPS) is 11.8. The molecule has 4 aromatic rings. The van der Waals surface area contributed by atoms with E-state index in [2.05, 4.69) is 10.3 Å². The van der Waals surface area contributed by atoms with Crippen LogP contribution in [-0.2, 0) is 9.53 Å². The molecule has 0 bridgehead atoms. The van der Waals surface area contributed by atoms with Crippen LogP contribution in [0.3, 0.4) is 0 Å². The lowest BCUT2D eigenvalue weighted by molar-refractivity contribution is -0.125. The van der Waals surface area contributed by atoms with E-state index in [-0.39, 0.29) is 5.69 Å². The number of nitrogens with one attached hydrogen (secondary N) is 1. The Balaban J connectivity index is 1.67. The van der Waals surface area contributed by atoms with Crippen LogP contribution in [0.4, 0.5) is 5.69 Å². The summed E-state index contributed by atoms with van der Waals surface area (Å²) in [6, 6.07) is 20.3. The van der Waals surface area contributed by atoms with E-state index in [1.165, 1.54) is 11.8 Å². The maximum absolute atomic E-state index is 13.3. The average molecular weight is 446 g/mol. The number of hydrogen-bond donors (Lipinski definition) is 1. The molecule has 162 valence electrons. The molecule has 0 radical (unpaired) electrons. The van der Waals surface area contributed by atoms with Crippen LogP contribution in [-0.4, -0.2) is 27.5 Å². The molecular formula is C25H23N3O3S. The number of aryl methyl sites for hydroxylation is 2. The highest BCUT2D eigenvalue weighted by atomic mass is 32.2.